The van der Waals surface area contributed by atoms with E-state index in [1.165, 1.54) is 6.08 Å². The zero-order valence-corrected chi connectivity index (χ0v) is 18.4. The van der Waals surface area contributed by atoms with Gasteiger partial charge in [-0.1, -0.05) is 19.3 Å². The molecule has 0 atom stereocenters. The van der Waals surface area contributed by atoms with Crippen LogP contribution >= 0.6 is 0 Å². The number of fused-ring (bicyclic) bond motifs is 1. The Labute approximate surface area is 181 Å². The topological polar surface area (TPSA) is 111 Å². The number of hydrogen-bond acceptors (Lipinski definition) is 5. The molecule has 0 saturated heterocycles. The molecule has 31 heavy (non-hydrogen) atoms. The first-order valence-electron chi connectivity index (χ1n) is 10.3. The number of hydrogen-bond donors (Lipinski definition) is 2. The predicted octanol–water partition coefficient (Wildman–Crippen LogP) is 2.36. The number of carbonyl (C=O) groups is 1. The molecule has 3 aromatic rings. The smallest absolute Gasteiger partial charge is 0.285 e. The van der Waals surface area contributed by atoms with Crippen molar-refractivity contribution in [1.29, 1.82) is 0 Å². The second-order valence-corrected chi connectivity index (χ2v) is 9.25. The maximum atomic E-state index is 12.3. The van der Waals surface area contributed by atoms with Crippen molar-refractivity contribution in [2.75, 3.05) is 0 Å². The minimum atomic E-state index is -3.91. The first kappa shape index (κ1) is 21.3. The Morgan fingerprint density at radius 2 is 2.00 bits per heavy atom. The van der Waals surface area contributed by atoms with Crippen LogP contribution < -0.4 is 9.44 Å². The van der Waals surface area contributed by atoms with E-state index in [0.29, 0.717) is 11.3 Å². The van der Waals surface area contributed by atoms with Crippen molar-refractivity contribution in [3.63, 3.8) is 0 Å². The van der Waals surface area contributed by atoms with E-state index < -0.39 is 16.1 Å². The molecule has 9 nitrogen and oxygen atoms in total. The normalized spacial score (nSPS) is 15.7. The first-order chi connectivity index (χ1) is 14.8. The summed E-state index contributed by atoms with van der Waals surface area (Å²) in [5, 5.41) is 5.44. The maximum Gasteiger partial charge on any atom is 0.301 e. The fraction of sp³-hybridized carbons (Fsp3) is 0.381. The van der Waals surface area contributed by atoms with E-state index in [1.807, 2.05) is 42.9 Å². The van der Waals surface area contributed by atoms with Crippen molar-refractivity contribution < 1.29 is 13.2 Å². The van der Waals surface area contributed by atoms with Crippen LogP contribution in [0.15, 0.2) is 36.7 Å². The molecule has 0 radical (unpaired) electrons. The van der Waals surface area contributed by atoms with Gasteiger partial charge in [0.1, 0.15) is 11.5 Å². The zero-order chi connectivity index (χ0) is 22.0. The molecule has 1 amide bonds. The average molecular weight is 443 g/mol. The van der Waals surface area contributed by atoms with Gasteiger partial charge in [0, 0.05) is 42.5 Å². The summed E-state index contributed by atoms with van der Waals surface area (Å²) in [6.45, 7) is 1.83. The summed E-state index contributed by atoms with van der Waals surface area (Å²) in [5.41, 5.74) is 2.19. The summed E-state index contributed by atoms with van der Waals surface area (Å²) in [4.78, 5) is 16.8. The Morgan fingerprint density at radius 3 is 2.77 bits per heavy atom. The van der Waals surface area contributed by atoms with Gasteiger partial charge in [0.2, 0.25) is 0 Å². The van der Waals surface area contributed by atoms with Crippen LogP contribution in [0.1, 0.15) is 43.4 Å². The van der Waals surface area contributed by atoms with E-state index in [4.69, 9.17) is 0 Å². The summed E-state index contributed by atoms with van der Waals surface area (Å²) < 4.78 is 32.8. The molecular weight excluding hydrogens is 416 g/mol. The van der Waals surface area contributed by atoms with E-state index in [9.17, 15) is 13.2 Å². The van der Waals surface area contributed by atoms with Gasteiger partial charge in [0.05, 0.1) is 5.69 Å². The molecule has 0 unspecified atom stereocenters. The molecule has 10 heteroatoms. The fourth-order valence-corrected chi connectivity index (χ4v) is 5.14. The monoisotopic (exact) mass is 442 g/mol. The highest BCUT2D eigenvalue weighted by atomic mass is 32.2. The Bertz CT molecular complexity index is 1240. The van der Waals surface area contributed by atoms with Crippen molar-refractivity contribution in [1.82, 2.24) is 28.8 Å². The number of nitrogens with zero attached hydrogens (tertiary/aromatic N) is 4. The number of carbonyl (C=O) groups excluding carboxylic acids is 1. The van der Waals surface area contributed by atoms with Gasteiger partial charge in [-0.25, -0.2) is 9.71 Å². The number of amides is 1. The molecule has 164 valence electrons. The zero-order valence-electron chi connectivity index (χ0n) is 17.6. The van der Waals surface area contributed by atoms with Crippen LogP contribution in [-0.2, 0) is 22.1 Å². The summed E-state index contributed by atoms with van der Waals surface area (Å²) in [7, 11) is -2.10. The Balaban J connectivity index is 1.55. The quantitative estimate of drug-likeness (QED) is 0.570. The van der Waals surface area contributed by atoms with Gasteiger partial charge in [0.15, 0.2) is 0 Å². The summed E-state index contributed by atoms with van der Waals surface area (Å²) >= 11 is 0. The van der Waals surface area contributed by atoms with Gasteiger partial charge in [-0.3, -0.25) is 14.0 Å². The minimum Gasteiger partial charge on any atom is -0.285 e. The highest BCUT2D eigenvalue weighted by molar-refractivity contribution is 7.88. The lowest BCUT2D eigenvalue weighted by molar-refractivity contribution is -0.114. The van der Waals surface area contributed by atoms with E-state index >= 15 is 0 Å². The van der Waals surface area contributed by atoms with E-state index in [1.54, 1.807) is 17.0 Å². The standard InChI is InChI=1S/C21H26N6O3S/c1-15-18(10-11-19(28)25-31(29,30)24-17-8-4-3-5-9-17)21(26(2)23-15)27-14-12-16-7-6-13-22-20(16)27/h6-7,10-14,17,24H,3-5,8-9H2,1-2H3,(H,25,28)/b11-10+. The fourth-order valence-electron chi connectivity index (χ4n) is 4.08. The molecular formula is C21H26N6O3S. The highest BCUT2D eigenvalue weighted by Crippen LogP contribution is 2.24. The van der Waals surface area contributed by atoms with Crippen LogP contribution in [0.4, 0.5) is 0 Å². The lowest BCUT2D eigenvalue weighted by atomic mass is 9.96. The van der Waals surface area contributed by atoms with Gasteiger partial charge in [-0.15, -0.1) is 0 Å². The van der Waals surface area contributed by atoms with Crippen molar-refractivity contribution in [3.05, 3.63) is 47.9 Å². The number of nitrogens with one attached hydrogen (secondary N) is 2. The molecule has 0 aliphatic heterocycles. The Kier molecular flexibility index (Phi) is 5.92. The molecule has 1 fully saturated rings. The third-order valence-corrected chi connectivity index (χ3v) is 6.59. The molecule has 2 N–H and O–H groups in total. The van der Waals surface area contributed by atoms with Crippen LogP contribution in [0.5, 0.6) is 0 Å². The van der Waals surface area contributed by atoms with Crippen molar-refractivity contribution in [2.45, 2.75) is 45.1 Å². The number of rotatable bonds is 6. The summed E-state index contributed by atoms with van der Waals surface area (Å²) in [6, 6.07) is 5.67. The second-order valence-electron chi connectivity index (χ2n) is 7.80. The van der Waals surface area contributed by atoms with Crippen LogP contribution in [0.25, 0.3) is 22.9 Å². The number of aromatic nitrogens is 4. The first-order valence-corrected chi connectivity index (χ1v) is 11.8. The number of aryl methyl sites for hydroxylation is 2. The molecule has 0 spiro atoms. The van der Waals surface area contributed by atoms with Gasteiger partial charge >= 0.3 is 10.2 Å². The highest BCUT2D eigenvalue weighted by Gasteiger charge is 2.21. The predicted molar refractivity (Wildman–Crippen MR) is 119 cm³/mol. The van der Waals surface area contributed by atoms with E-state index in [0.717, 1.165) is 49.0 Å². The van der Waals surface area contributed by atoms with Crippen LogP contribution in [0.2, 0.25) is 0 Å². The number of pyridine rings is 1. The van der Waals surface area contributed by atoms with Gasteiger partial charge in [-0.05, 0) is 44.0 Å². The third-order valence-electron chi connectivity index (χ3n) is 5.48. The largest absolute Gasteiger partial charge is 0.301 e. The van der Waals surface area contributed by atoms with Crippen molar-refractivity contribution in [2.24, 2.45) is 7.05 Å². The van der Waals surface area contributed by atoms with Crippen molar-refractivity contribution >= 4 is 33.2 Å². The molecule has 4 rings (SSSR count). The second kappa shape index (κ2) is 8.64. The third kappa shape index (κ3) is 4.70. The minimum absolute atomic E-state index is 0.121. The lowest BCUT2D eigenvalue weighted by Gasteiger charge is -2.22. The Morgan fingerprint density at radius 1 is 1.23 bits per heavy atom. The molecule has 3 heterocycles. The Hall–Kier alpha value is -2.98. The molecule has 1 aliphatic carbocycles. The molecule has 0 aromatic carbocycles. The average Bonchev–Trinajstić information content (AvgIpc) is 3.26. The summed E-state index contributed by atoms with van der Waals surface area (Å²) in [6.07, 6.45) is 11.1. The molecule has 0 bridgehead atoms. The SMILES string of the molecule is Cc1nn(C)c(-n2ccc3cccnc32)c1/C=C/C(=O)NS(=O)(=O)NC1CCCCC1. The maximum absolute atomic E-state index is 12.3. The molecule has 1 aliphatic rings. The van der Waals surface area contributed by atoms with Crippen LogP contribution in [0.3, 0.4) is 0 Å². The van der Waals surface area contributed by atoms with Crippen LogP contribution in [-0.4, -0.2) is 39.7 Å². The van der Waals surface area contributed by atoms with Crippen molar-refractivity contribution in [3.8, 4) is 5.82 Å². The van der Waals surface area contributed by atoms with Gasteiger partial charge < -0.3 is 0 Å². The van der Waals surface area contributed by atoms with Gasteiger partial charge in [0.25, 0.3) is 5.91 Å². The molecule has 3 aromatic heterocycles. The van der Waals surface area contributed by atoms with E-state index in [-0.39, 0.29) is 6.04 Å². The summed E-state index contributed by atoms with van der Waals surface area (Å²) in [5.74, 6) is 0.0199. The van der Waals surface area contributed by atoms with E-state index in [2.05, 4.69) is 19.5 Å². The van der Waals surface area contributed by atoms with Crippen LogP contribution in [0, 0.1) is 6.92 Å². The van der Waals surface area contributed by atoms with Gasteiger partial charge in [-0.2, -0.15) is 18.2 Å². The molecule has 1 saturated carbocycles. The lowest BCUT2D eigenvalue weighted by Crippen LogP contribution is -2.45.